The highest BCUT2D eigenvalue weighted by atomic mass is 35.5. The molecule has 0 aromatic heterocycles. The molecule has 208 valence electrons. The van der Waals surface area contributed by atoms with E-state index < -0.39 is 0 Å². The smallest absolute Gasteiger partial charge is 0.0630 e. The maximum absolute atomic E-state index is 6.42. The van der Waals surface area contributed by atoms with Crippen LogP contribution in [0.3, 0.4) is 0 Å². The lowest BCUT2D eigenvalue weighted by Crippen LogP contribution is -2.24. The van der Waals surface area contributed by atoms with Crippen LogP contribution in [-0.2, 0) is 0 Å². The molecule has 0 unspecified atom stereocenters. The molecular formula is C34H34Cl4N2. The lowest BCUT2D eigenvalue weighted by atomic mass is 9.77. The molecule has 2 nitrogen and oxygen atoms in total. The van der Waals surface area contributed by atoms with Gasteiger partial charge in [-0.05, 0) is 85.3 Å². The van der Waals surface area contributed by atoms with Gasteiger partial charge in [-0.15, -0.1) is 0 Å². The normalized spacial score (nSPS) is 21.6. The van der Waals surface area contributed by atoms with Crippen molar-refractivity contribution >= 4 is 46.4 Å². The van der Waals surface area contributed by atoms with Gasteiger partial charge < -0.3 is 10.6 Å². The summed E-state index contributed by atoms with van der Waals surface area (Å²) in [6, 6.07) is 29.9. The van der Waals surface area contributed by atoms with Crippen LogP contribution in [0.4, 0.5) is 0 Å². The van der Waals surface area contributed by atoms with E-state index in [4.69, 9.17) is 46.4 Å². The Morgan fingerprint density at radius 2 is 0.800 bits per heavy atom. The average Bonchev–Trinajstić information content (AvgIpc) is 2.99. The zero-order valence-corrected chi connectivity index (χ0v) is 25.8. The number of benzene rings is 4. The molecule has 0 radical (unpaired) electrons. The Morgan fingerprint density at radius 3 is 1.18 bits per heavy atom. The maximum Gasteiger partial charge on any atom is 0.0630 e. The summed E-state index contributed by atoms with van der Waals surface area (Å²) in [6.45, 7) is 0. The van der Waals surface area contributed by atoms with Gasteiger partial charge in [0.2, 0.25) is 0 Å². The van der Waals surface area contributed by atoms with E-state index in [-0.39, 0.29) is 0 Å². The summed E-state index contributed by atoms with van der Waals surface area (Å²) >= 11 is 25.2. The molecule has 6 rings (SSSR count). The minimum Gasteiger partial charge on any atom is -0.313 e. The van der Waals surface area contributed by atoms with Gasteiger partial charge in [0.25, 0.3) is 0 Å². The summed E-state index contributed by atoms with van der Waals surface area (Å²) < 4.78 is 0. The average molecular weight is 612 g/mol. The molecule has 4 aromatic rings. The highest BCUT2D eigenvalue weighted by Crippen LogP contribution is 2.45. The first-order valence-electron chi connectivity index (χ1n) is 13.8. The number of hydrogen-bond acceptors (Lipinski definition) is 2. The lowest BCUT2D eigenvalue weighted by Gasteiger charge is -2.32. The first-order valence-corrected chi connectivity index (χ1v) is 15.4. The third-order valence-electron chi connectivity index (χ3n) is 8.39. The number of fused-ring (bicyclic) bond motifs is 2. The topological polar surface area (TPSA) is 24.1 Å². The Morgan fingerprint density at radius 1 is 0.450 bits per heavy atom. The van der Waals surface area contributed by atoms with E-state index in [0.29, 0.717) is 44.0 Å². The van der Waals surface area contributed by atoms with Crippen LogP contribution in [0.2, 0.25) is 20.1 Å². The van der Waals surface area contributed by atoms with Crippen molar-refractivity contribution in [1.82, 2.24) is 10.6 Å². The Kier molecular flexibility index (Phi) is 9.79. The zero-order valence-electron chi connectivity index (χ0n) is 22.7. The van der Waals surface area contributed by atoms with E-state index in [1.54, 1.807) is 0 Å². The van der Waals surface area contributed by atoms with E-state index in [1.807, 2.05) is 38.4 Å². The van der Waals surface area contributed by atoms with Crippen LogP contribution in [0.15, 0.2) is 84.9 Å². The summed E-state index contributed by atoms with van der Waals surface area (Å²) in [6.07, 6.45) is 4.40. The van der Waals surface area contributed by atoms with Crippen molar-refractivity contribution < 1.29 is 0 Å². The quantitative estimate of drug-likeness (QED) is 0.240. The predicted molar refractivity (Wildman–Crippen MR) is 172 cm³/mol. The van der Waals surface area contributed by atoms with Crippen molar-refractivity contribution in [3.8, 4) is 0 Å². The highest BCUT2D eigenvalue weighted by Gasteiger charge is 2.29. The molecule has 4 aromatic carbocycles. The van der Waals surface area contributed by atoms with Crippen molar-refractivity contribution in [2.75, 3.05) is 14.1 Å². The van der Waals surface area contributed by atoms with E-state index in [2.05, 4.69) is 71.3 Å². The van der Waals surface area contributed by atoms with Gasteiger partial charge >= 0.3 is 0 Å². The molecule has 40 heavy (non-hydrogen) atoms. The third kappa shape index (κ3) is 5.95. The Hall–Kier alpha value is -2.04. The number of halogens is 4. The van der Waals surface area contributed by atoms with Gasteiger partial charge in [0.1, 0.15) is 0 Å². The molecule has 0 aliphatic heterocycles. The van der Waals surface area contributed by atoms with Crippen molar-refractivity contribution in [3.63, 3.8) is 0 Å². The number of hydrogen-bond donors (Lipinski definition) is 2. The molecule has 2 aliphatic carbocycles. The standard InChI is InChI=1S/2C17H17Cl2N/c2*1-20-16-10-9-12(11-5-2-3-6-13(11)16)14-7-4-8-15(18)17(14)19/h2*2-8,12,16,20H,9-10H2,1H3/t2*12-,16-/m10/s1. The fraction of sp³-hybridized carbons (Fsp3) is 0.294. The molecule has 2 aliphatic rings. The van der Waals surface area contributed by atoms with Gasteiger partial charge in [-0.2, -0.15) is 0 Å². The summed E-state index contributed by atoms with van der Waals surface area (Å²) in [5.74, 6) is 0.670. The van der Waals surface area contributed by atoms with Gasteiger partial charge in [-0.1, -0.05) is 119 Å². The van der Waals surface area contributed by atoms with E-state index in [1.165, 1.54) is 22.3 Å². The van der Waals surface area contributed by atoms with E-state index >= 15 is 0 Å². The first kappa shape index (κ1) is 29.5. The third-order valence-corrected chi connectivity index (χ3v) is 10.1. The fourth-order valence-electron chi connectivity index (χ4n) is 6.40. The zero-order chi connectivity index (χ0) is 28.2. The molecule has 0 spiro atoms. The summed E-state index contributed by atoms with van der Waals surface area (Å²) in [5.41, 5.74) is 7.76. The van der Waals surface area contributed by atoms with Crippen LogP contribution in [0.25, 0.3) is 0 Å². The minimum atomic E-state index is 0.335. The molecule has 2 N–H and O–H groups in total. The predicted octanol–water partition coefficient (Wildman–Crippen LogP) is 10.4. The Balaban J connectivity index is 0.000000161. The summed E-state index contributed by atoms with van der Waals surface area (Å²) in [4.78, 5) is 0. The SMILES string of the molecule is CN[C@@H]1CC[C@@H](c2cccc(Cl)c2Cl)c2ccccc21.CN[C@H]1CC[C@H](c2cccc(Cl)c2Cl)c2ccccc21. The molecule has 6 heteroatoms. The Labute approximate surface area is 258 Å². The van der Waals surface area contributed by atoms with Gasteiger partial charge in [-0.25, -0.2) is 0 Å². The van der Waals surface area contributed by atoms with Crippen molar-refractivity contribution in [1.29, 1.82) is 0 Å². The molecule has 0 bridgehead atoms. The van der Waals surface area contributed by atoms with Gasteiger partial charge in [-0.3, -0.25) is 0 Å². The summed E-state index contributed by atoms with van der Waals surface area (Å²) in [7, 11) is 4.04. The lowest BCUT2D eigenvalue weighted by molar-refractivity contribution is 0.471. The Bertz CT molecular complexity index is 1360. The van der Waals surface area contributed by atoms with Crippen LogP contribution in [0.1, 0.15) is 83.0 Å². The van der Waals surface area contributed by atoms with Crippen LogP contribution < -0.4 is 10.6 Å². The van der Waals surface area contributed by atoms with Crippen LogP contribution in [0, 0.1) is 0 Å². The van der Waals surface area contributed by atoms with Crippen LogP contribution in [-0.4, -0.2) is 14.1 Å². The van der Waals surface area contributed by atoms with Gasteiger partial charge in [0.15, 0.2) is 0 Å². The van der Waals surface area contributed by atoms with Crippen molar-refractivity contribution in [3.05, 3.63) is 138 Å². The largest absolute Gasteiger partial charge is 0.313 e. The van der Waals surface area contributed by atoms with Crippen LogP contribution >= 0.6 is 46.4 Å². The monoisotopic (exact) mass is 610 g/mol. The van der Waals surface area contributed by atoms with Crippen LogP contribution in [0.5, 0.6) is 0 Å². The molecular weight excluding hydrogens is 578 g/mol. The molecule has 0 fully saturated rings. The van der Waals surface area contributed by atoms with Crippen molar-refractivity contribution in [2.45, 2.75) is 49.6 Å². The van der Waals surface area contributed by atoms with Crippen molar-refractivity contribution in [2.24, 2.45) is 0 Å². The van der Waals surface area contributed by atoms with E-state index in [0.717, 1.165) is 36.8 Å². The highest BCUT2D eigenvalue weighted by molar-refractivity contribution is 6.43. The fourth-order valence-corrected chi connectivity index (χ4v) is 7.28. The van der Waals surface area contributed by atoms with E-state index in [9.17, 15) is 0 Å². The number of nitrogens with one attached hydrogen (secondary N) is 2. The summed E-state index contributed by atoms with van der Waals surface area (Å²) in [5, 5.41) is 9.45. The molecule has 0 saturated carbocycles. The van der Waals surface area contributed by atoms with Gasteiger partial charge in [0, 0.05) is 23.9 Å². The second-order valence-corrected chi connectivity index (χ2v) is 12.1. The van der Waals surface area contributed by atoms with Gasteiger partial charge in [0.05, 0.1) is 20.1 Å². The second kappa shape index (κ2) is 13.3. The number of rotatable bonds is 4. The maximum atomic E-state index is 6.42. The molecule has 4 atom stereocenters. The molecule has 0 heterocycles. The molecule has 0 saturated heterocycles. The first-order chi connectivity index (χ1) is 19.4. The molecule has 0 amide bonds. The second-order valence-electron chi connectivity index (χ2n) is 10.5. The minimum absolute atomic E-state index is 0.335.